The maximum atomic E-state index is 11.9. The van der Waals surface area contributed by atoms with E-state index >= 15 is 0 Å². The van der Waals surface area contributed by atoms with Crippen molar-refractivity contribution in [3.63, 3.8) is 0 Å². The summed E-state index contributed by atoms with van der Waals surface area (Å²) in [5.41, 5.74) is 2.88. The number of methoxy groups -OCH3 is 1. The van der Waals surface area contributed by atoms with E-state index in [0.29, 0.717) is 0 Å². The first-order valence-electron chi connectivity index (χ1n) is 6.98. The molecule has 0 bridgehead atoms. The van der Waals surface area contributed by atoms with Crippen molar-refractivity contribution in [1.82, 2.24) is 4.98 Å². The number of ether oxygens (including phenoxy) is 1. The summed E-state index contributed by atoms with van der Waals surface area (Å²) in [6.45, 7) is 3.90. The molecule has 0 aliphatic heterocycles. The molecule has 106 valence electrons. The van der Waals surface area contributed by atoms with Crippen molar-refractivity contribution in [3.05, 3.63) is 53.7 Å². The van der Waals surface area contributed by atoms with Gasteiger partial charge in [0.25, 0.3) is 0 Å². The maximum absolute atomic E-state index is 11.9. The Morgan fingerprint density at radius 3 is 2.52 bits per heavy atom. The van der Waals surface area contributed by atoms with Gasteiger partial charge in [0, 0.05) is 10.8 Å². The lowest BCUT2D eigenvalue weighted by atomic mass is 9.97. The van der Waals surface area contributed by atoms with Gasteiger partial charge in [-0.2, -0.15) is 0 Å². The molecular weight excluding hydrogens is 262 g/mol. The van der Waals surface area contributed by atoms with Gasteiger partial charge in [0.1, 0.15) is 0 Å². The summed E-state index contributed by atoms with van der Waals surface area (Å²) in [6, 6.07) is 14.2. The third kappa shape index (κ3) is 2.25. The highest BCUT2D eigenvalue weighted by Crippen LogP contribution is 2.31. The predicted molar refractivity (Wildman–Crippen MR) is 84.4 cm³/mol. The van der Waals surface area contributed by atoms with E-state index in [-0.39, 0.29) is 11.9 Å². The van der Waals surface area contributed by atoms with E-state index in [0.717, 1.165) is 27.4 Å². The van der Waals surface area contributed by atoms with Crippen LogP contribution in [-0.2, 0) is 9.53 Å². The Labute approximate surface area is 123 Å². The van der Waals surface area contributed by atoms with Crippen molar-refractivity contribution >= 4 is 27.6 Å². The summed E-state index contributed by atoms with van der Waals surface area (Å²) in [6.07, 6.45) is 0. The molecule has 3 nitrogen and oxygen atoms in total. The molecule has 1 aromatic heterocycles. The summed E-state index contributed by atoms with van der Waals surface area (Å²) in [4.78, 5) is 16.6. The molecule has 0 fully saturated rings. The summed E-state index contributed by atoms with van der Waals surface area (Å²) in [5.74, 6) is -0.648. The number of fused-ring (bicyclic) bond motifs is 3. The molecule has 3 heteroatoms. The average Bonchev–Trinajstić information content (AvgIpc) is 2.52. The summed E-state index contributed by atoms with van der Waals surface area (Å²) in [7, 11) is 1.41. The predicted octanol–water partition coefficient (Wildman–Crippen LogP) is 3.97. The number of pyridine rings is 1. The van der Waals surface area contributed by atoms with Crippen LogP contribution in [0.15, 0.2) is 42.5 Å². The molecule has 2 aromatic carbocycles. The fraction of sp³-hybridized carbons (Fsp3) is 0.222. The molecule has 1 atom stereocenters. The largest absolute Gasteiger partial charge is 0.469 e. The number of carbonyl (C=O) groups excluding carboxylic acids is 1. The van der Waals surface area contributed by atoms with Crippen molar-refractivity contribution in [2.75, 3.05) is 7.11 Å². The minimum atomic E-state index is -0.384. The highest BCUT2D eigenvalue weighted by Gasteiger charge is 2.20. The number of carbonyl (C=O) groups is 1. The quantitative estimate of drug-likeness (QED) is 0.526. The van der Waals surface area contributed by atoms with Crippen LogP contribution >= 0.6 is 0 Å². The first-order valence-corrected chi connectivity index (χ1v) is 6.98. The van der Waals surface area contributed by atoms with E-state index in [9.17, 15) is 4.79 Å². The molecule has 0 N–H and O–H groups in total. The van der Waals surface area contributed by atoms with Gasteiger partial charge >= 0.3 is 5.97 Å². The first-order chi connectivity index (χ1) is 10.1. The van der Waals surface area contributed by atoms with Crippen LogP contribution in [0.25, 0.3) is 21.7 Å². The van der Waals surface area contributed by atoms with Crippen molar-refractivity contribution in [2.24, 2.45) is 0 Å². The number of aryl methyl sites for hydroxylation is 1. The van der Waals surface area contributed by atoms with Gasteiger partial charge in [-0.1, -0.05) is 35.9 Å². The Balaban J connectivity index is 2.38. The highest BCUT2D eigenvalue weighted by molar-refractivity contribution is 6.07. The Kier molecular flexibility index (Phi) is 3.34. The molecule has 0 aliphatic carbocycles. The zero-order chi connectivity index (χ0) is 15.0. The van der Waals surface area contributed by atoms with Crippen LogP contribution in [0.5, 0.6) is 0 Å². The monoisotopic (exact) mass is 279 g/mol. The van der Waals surface area contributed by atoms with Gasteiger partial charge in [-0.05, 0) is 31.4 Å². The zero-order valence-corrected chi connectivity index (χ0v) is 12.4. The second kappa shape index (κ2) is 5.17. The minimum absolute atomic E-state index is 0.265. The van der Waals surface area contributed by atoms with E-state index in [1.165, 1.54) is 12.7 Å². The fourth-order valence-corrected chi connectivity index (χ4v) is 2.71. The normalized spacial score (nSPS) is 12.5. The van der Waals surface area contributed by atoms with Gasteiger partial charge in [-0.15, -0.1) is 0 Å². The standard InChI is InChI=1S/C18H17NO2/c1-11-8-9-16-15(10-11)13-6-4-5-7-14(13)17(19-16)12(2)18(20)21-3/h4-10,12H,1-3H3. The molecule has 1 heterocycles. The van der Waals surface area contributed by atoms with Crippen LogP contribution in [0.2, 0.25) is 0 Å². The Morgan fingerprint density at radius 2 is 1.81 bits per heavy atom. The SMILES string of the molecule is COC(=O)C(C)c1nc2ccc(C)cc2c2ccccc12. The molecule has 0 radical (unpaired) electrons. The number of hydrogen-bond acceptors (Lipinski definition) is 3. The second-order valence-corrected chi connectivity index (χ2v) is 5.31. The number of benzene rings is 2. The maximum Gasteiger partial charge on any atom is 0.314 e. The molecular formula is C18H17NO2. The van der Waals surface area contributed by atoms with Crippen molar-refractivity contribution < 1.29 is 9.53 Å². The molecule has 0 saturated carbocycles. The van der Waals surface area contributed by atoms with Crippen LogP contribution in [0.4, 0.5) is 0 Å². The molecule has 3 rings (SSSR count). The molecule has 1 unspecified atom stereocenters. The third-order valence-electron chi connectivity index (χ3n) is 3.85. The molecule has 21 heavy (non-hydrogen) atoms. The molecule has 3 aromatic rings. The van der Waals surface area contributed by atoms with Crippen molar-refractivity contribution in [3.8, 4) is 0 Å². The minimum Gasteiger partial charge on any atom is -0.469 e. The summed E-state index contributed by atoms with van der Waals surface area (Å²) >= 11 is 0. The molecule has 0 spiro atoms. The summed E-state index contributed by atoms with van der Waals surface area (Å²) in [5, 5.41) is 3.25. The van der Waals surface area contributed by atoms with Crippen molar-refractivity contribution in [2.45, 2.75) is 19.8 Å². The number of aromatic nitrogens is 1. The second-order valence-electron chi connectivity index (χ2n) is 5.31. The topological polar surface area (TPSA) is 39.2 Å². The van der Waals surface area contributed by atoms with Crippen molar-refractivity contribution in [1.29, 1.82) is 0 Å². The van der Waals surface area contributed by atoms with Crippen LogP contribution in [-0.4, -0.2) is 18.1 Å². The van der Waals surface area contributed by atoms with Gasteiger partial charge in [0.2, 0.25) is 0 Å². The van der Waals surface area contributed by atoms with Crippen LogP contribution < -0.4 is 0 Å². The van der Waals surface area contributed by atoms with Gasteiger partial charge in [-0.25, -0.2) is 0 Å². The zero-order valence-electron chi connectivity index (χ0n) is 12.4. The number of rotatable bonds is 2. The van der Waals surface area contributed by atoms with E-state index in [1.54, 1.807) is 0 Å². The smallest absolute Gasteiger partial charge is 0.314 e. The molecule has 0 saturated heterocycles. The van der Waals surface area contributed by atoms with E-state index in [1.807, 2.05) is 37.3 Å². The Hall–Kier alpha value is -2.42. The van der Waals surface area contributed by atoms with E-state index in [4.69, 9.17) is 9.72 Å². The average molecular weight is 279 g/mol. The van der Waals surface area contributed by atoms with Crippen LogP contribution in [0.3, 0.4) is 0 Å². The lowest BCUT2D eigenvalue weighted by Crippen LogP contribution is -2.13. The fourth-order valence-electron chi connectivity index (χ4n) is 2.71. The van der Waals surface area contributed by atoms with Crippen LogP contribution in [0, 0.1) is 6.92 Å². The number of nitrogens with zero attached hydrogens (tertiary/aromatic N) is 1. The first kappa shape index (κ1) is 13.6. The van der Waals surface area contributed by atoms with Crippen LogP contribution in [0.1, 0.15) is 24.1 Å². The number of hydrogen-bond donors (Lipinski definition) is 0. The van der Waals surface area contributed by atoms with Gasteiger partial charge in [0.15, 0.2) is 0 Å². The third-order valence-corrected chi connectivity index (χ3v) is 3.85. The van der Waals surface area contributed by atoms with E-state index in [2.05, 4.69) is 19.1 Å². The highest BCUT2D eigenvalue weighted by atomic mass is 16.5. The van der Waals surface area contributed by atoms with Gasteiger partial charge < -0.3 is 4.74 Å². The van der Waals surface area contributed by atoms with E-state index < -0.39 is 0 Å². The van der Waals surface area contributed by atoms with Gasteiger partial charge in [0.05, 0.1) is 24.2 Å². The lowest BCUT2D eigenvalue weighted by Gasteiger charge is -2.14. The van der Waals surface area contributed by atoms with Gasteiger partial charge in [-0.3, -0.25) is 9.78 Å². The number of esters is 1. The Morgan fingerprint density at radius 1 is 1.10 bits per heavy atom. The lowest BCUT2D eigenvalue weighted by molar-refractivity contribution is -0.142. The Bertz CT molecular complexity index is 839. The molecule has 0 aliphatic rings. The summed E-state index contributed by atoms with van der Waals surface area (Å²) < 4.78 is 4.87. The molecule has 0 amide bonds.